The first-order chi connectivity index (χ1) is 8.05. The molecule has 0 fully saturated rings. The van der Waals surface area contributed by atoms with Crippen LogP contribution in [-0.4, -0.2) is 11.1 Å². The molecule has 0 aromatic carbocycles. The zero-order valence-electron chi connectivity index (χ0n) is 9.77. The van der Waals surface area contributed by atoms with Gasteiger partial charge in [-0.1, -0.05) is 13.8 Å². The van der Waals surface area contributed by atoms with Crippen LogP contribution in [0, 0.1) is 5.41 Å². The maximum atomic E-state index is 14.1. The first-order valence-corrected chi connectivity index (χ1v) is 7.54. The molecule has 102 valence electrons. The Labute approximate surface area is 125 Å². The Balaban J connectivity index is 2.94. The van der Waals surface area contributed by atoms with Crippen molar-refractivity contribution in [1.82, 2.24) is 0 Å². The predicted molar refractivity (Wildman–Crippen MR) is 74.3 cm³/mol. The van der Waals surface area contributed by atoms with Gasteiger partial charge in [0.1, 0.15) is 0 Å². The summed E-state index contributed by atoms with van der Waals surface area (Å²) in [6.45, 7) is 3.07. The second kappa shape index (κ2) is 5.54. The summed E-state index contributed by atoms with van der Waals surface area (Å²) in [6, 6.07) is 0. The molecule has 18 heavy (non-hydrogen) atoms. The molecular formula is C11H12Br2F2O2S. The van der Waals surface area contributed by atoms with E-state index in [1.54, 1.807) is 5.38 Å². The van der Waals surface area contributed by atoms with Crippen molar-refractivity contribution in [1.29, 1.82) is 0 Å². The van der Waals surface area contributed by atoms with Crippen LogP contribution in [0.2, 0.25) is 0 Å². The van der Waals surface area contributed by atoms with Crippen LogP contribution >= 0.6 is 43.2 Å². The van der Waals surface area contributed by atoms with Gasteiger partial charge >= 0.3 is 5.97 Å². The van der Waals surface area contributed by atoms with Crippen LogP contribution in [-0.2, 0) is 10.7 Å². The number of hydrogen-bond acceptors (Lipinski definition) is 2. The molecule has 0 radical (unpaired) electrons. The minimum absolute atomic E-state index is 0.0761. The molecule has 1 aromatic heterocycles. The van der Waals surface area contributed by atoms with Crippen LogP contribution in [0.5, 0.6) is 0 Å². The first kappa shape index (κ1) is 16.0. The first-order valence-electron chi connectivity index (χ1n) is 5.08. The SMILES string of the molecule is CC(C)(CC(=O)O)CC(F)(F)c1scc(Br)c1Br. The molecular weight excluding hydrogens is 394 g/mol. The molecule has 7 heteroatoms. The maximum absolute atomic E-state index is 14.1. The van der Waals surface area contributed by atoms with E-state index < -0.39 is 23.7 Å². The molecule has 0 aliphatic carbocycles. The van der Waals surface area contributed by atoms with E-state index in [1.807, 2.05) is 0 Å². The quantitative estimate of drug-likeness (QED) is 0.725. The number of hydrogen-bond donors (Lipinski definition) is 1. The van der Waals surface area contributed by atoms with E-state index in [4.69, 9.17) is 5.11 Å². The summed E-state index contributed by atoms with van der Waals surface area (Å²) in [5.41, 5.74) is -0.967. The third-order valence-electron chi connectivity index (χ3n) is 2.35. The van der Waals surface area contributed by atoms with E-state index in [-0.39, 0.29) is 11.3 Å². The van der Waals surface area contributed by atoms with Crippen LogP contribution < -0.4 is 0 Å². The number of thiophene rings is 1. The molecule has 0 bridgehead atoms. The van der Waals surface area contributed by atoms with E-state index in [9.17, 15) is 13.6 Å². The van der Waals surface area contributed by atoms with Crippen LogP contribution in [0.15, 0.2) is 14.3 Å². The van der Waals surface area contributed by atoms with E-state index in [0.29, 0.717) is 8.95 Å². The minimum Gasteiger partial charge on any atom is -0.481 e. The average Bonchev–Trinajstić information content (AvgIpc) is 2.43. The largest absolute Gasteiger partial charge is 0.481 e. The van der Waals surface area contributed by atoms with Crippen molar-refractivity contribution in [2.75, 3.05) is 0 Å². The van der Waals surface area contributed by atoms with Gasteiger partial charge in [0, 0.05) is 16.3 Å². The predicted octanol–water partition coefficient (Wildman–Crippen LogP) is 5.26. The fraction of sp³-hybridized carbons (Fsp3) is 0.545. The van der Waals surface area contributed by atoms with Crippen molar-refractivity contribution in [2.45, 2.75) is 32.6 Å². The van der Waals surface area contributed by atoms with Crippen molar-refractivity contribution in [3.8, 4) is 0 Å². The maximum Gasteiger partial charge on any atom is 0.303 e. The minimum atomic E-state index is -3.05. The van der Waals surface area contributed by atoms with E-state index in [2.05, 4.69) is 31.9 Å². The van der Waals surface area contributed by atoms with Crippen molar-refractivity contribution >= 4 is 49.2 Å². The van der Waals surface area contributed by atoms with Crippen molar-refractivity contribution in [2.24, 2.45) is 5.41 Å². The third-order valence-corrected chi connectivity index (χ3v) is 5.99. The molecule has 1 N–H and O–H groups in total. The monoisotopic (exact) mass is 404 g/mol. The molecule has 0 unspecified atom stereocenters. The molecule has 0 aliphatic heterocycles. The highest BCUT2D eigenvalue weighted by molar-refractivity contribution is 9.13. The summed E-state index contributed by atoms with van der Waals surface area (Å²) in [5.74, 6) is -4.11. The summed E-state index contributed by atoms with van der Waals surface area (Å²) in [6.07, 6.45) is -0.787. The number of alkyl halides is 2. The Bertz CT molecular complexity index is 458. The highest BCUT2D eigenvalue weighted by Gasteiger charge is 2.42. The highest BCUT2D eigenvalue weighted by atomic mass is 79.9. The fourth-order valence-corrected chi connectivity index (χ4v) is 3.97. The Morgan fingerprint density at radius 2 is 2.00 bits per heavy atom. The van der Waals surface area contributed by atoms with Gasteiger partial charge in [0.05, 0.1) is 15.8 Å². The van der Waals surface area contributed by atoms with Gasteiger partial charge < -0.3 is 5.11 Å². The van der Waals surface area contributed by atoms with Crippen molar-refractivity contribution < 1.29 is 18.7 Å². The molecule has 0 atom stereocenters. The molecule has 1 aromatic rings. The van der Waals surface area contributed by atoms with Crippen LogP contribution in [0.25, 0.3) is 0 Å². The summed E-state index contributed by atoms with van der Waals surface area (Å²) in [5, 5.41) is 10.3. The summed E-state index contributed by atoms with van der Waals surface area (Å²) >= 11 is 7.23. The van der Waals surface area contributed by atoms with Gasteiger partial charge in [-0.25, -0.2) is 8.78 Å². The molecule has 0 saturated carbocycles. The van der Waals surface area contributed by atoms with Crippen LogP contribution in [0.3, 0.4) is 0 Å². The summed E-state index contributed by atoms with van der Waals surface area (Å²) in [4.78, 5) is 10.6. The van der Waals surface area contributed by atoms with Gasteiger partial charge in [-0.05, 0) is 37.3 Å². The number of rotatable bonds is 5. The Morgan fingerprint density at radius 1 is 1.44 bits per heavy atom. The number of carboxylic acid groups (broad SMARTS) is 1. The van der Waals surface area contributed by atoms with Crippen molar-refractivity contribution in [3.05, 3.63) is 19.2 Å². The number of halogens is 4. The summed E-state index contributed by atoms with van der Waals surface area (Å²) in [7, 11) is 0. The van der Waals surface area contributed by atoms with Gasteiger partial charge in [0.15, 0.2) is 0 Å². The molecule has 0 aliphatic rings. The van der Waals surface area contributed by atoms with Gasteiger partial charge in [-0.15, -0.1) is 11.3 Å². The lowest BCUT2D eigenvalue weighted by molar-refractivity contribution is -0.140. The molecule has 1 heterocycles. The Morgan fingerprint density at radius 3 is 2.39 bits per heavy atom. The lowest BCUT2D eigenvalue weighted by Crippen LogP contribution is -2.26. The molecule has 0 saturated heterocycles. The Hall–Kier alpha value is -0.0100. The van der Waals surface area contributed by atoms with Gasteiger partial charge in [-0.2, -0.15) is 0 Å². The fourth-order valence-electron chi connectivity index (χ4n) is 1.72. The molecule has 0 spiro atoms. The normalized spacial score (nSPS) is 12.8. The Kier molecular flexibility index (Phi) is 4.94. The van der Waals surface area contributed by atoms with Gasteiger partial charge in [0.2, 0.25) is 0 Å². The average molecular weight is 406 g/mol. The second-order valence-electron chi connectivity index (χ2n) is 4.84. The van der Waals surface area contributed by atoms with Gasteiger partial charge in [-0.3, -0.25) is 4.79 Å². The van der Waals surface area contributed by atoms with Crippen molar-refractivity contribution in [3.63, 3.8) is 0 Å². The zero-order valence-corrected chi connectivity index (χ0v) is 13.8. The summed E-state index contributed by atoms with van der Waals surface area (Å²) < 4.78 is 29.2. The molecule has 2 nitrogen and oxygen atoms in total. The van der Waals surface area contributed by atoms with E-state index in [1.165, 1.54) is 13.8 Å². The number of carboxylic acids is 1. The van der Waals surface area contributed by atoms with Gasteiger partial charge in [0.25, 0.3) is 5.92 Å². The van der Waals surface area contributed by atoms with E-state index >= 15 is 0 Å². The standard InChI is InChI=1S/C11H12Br2F2O2S/c1-10(2,3-7(16)17)5-11(14,15)9-8(13)6(12)4-18-9/h4H,3,5H2,1-2H3,(H,16,17). The zero-order chi connectivity index (χ0) is 14.1. The number of carbonyl (C=O) groups is 1. The van der Waals surface area contributed by atoms with E-state index in [0.717, 1.165) is 11.3 Å². The smallest absolute Gasteiger partial charge is 0.303 e. The number of aliphatic carboxylic acids is 1. The molecule has 1 rings (SSSR count). The second-order valence-corrected chi connectivity index (χ2v) is 7.37. The third kappa shape index (κ3) is 3.99. The topological polar surface area (TPSA) is 37.3 Å². The lowest BCUT2D eigenvalue weighted by atomic mass is 9.82. The highest BCUT2D eigenvalue weighted by Crippen LogP contribution is 2.48. The lowest BCUT2D eigenvalue weighted by Gasteiger charge is -2.27. The van der Waals surface area contributed by atoms with Crippen LogP contribution in [0.1, 0.15) is 31.6 Å². The van der Waals surface area contributed by atoms with Crippen LogP contribution in [0.4, 0.5) is 8.78 Å². The molecule has 0 amide bonds.